The maximum atomic E-state index is 12.3. The van der Waals surface area contributed by atoms with Crippen molar-refractivity contribution in [2.75, 3.05) is 19.6 Å². The number of likely N-dealkylation sites (tertiary alicyclic amines) is 1. The summed E-state index contributed by atoms with van der Waals surface area (Å²) in [6.45, 7) is 8.17. The van der Waals surface area contributed by atoms with Crippen LogP contribution in [0, 0.1) is 5.92 Å². The van der Waals surface area contributed by atoms with Gasteiger partial charge in [0.05, 0.1) is 6.42 Å². The molecule has 1 aliphatic heterocycles. The first-order valence-corrected chi connectivity index (χ1v) is 7.23. The fraction of sp³-hybridized carbons (Fsp3) is 0.857. The zero-order chi connectivity index (χ0) is 14.4. The van der Waals surface area contributed by atoms with E-state index >= 15 is 0 Å². The van der Waals surface area contributed by atoms with Crippen LogP contribution >= 0.6 is 0 Å². The number of unbranched alkanes of at least 4 members (excludes halogenated alkanes) is 2. The predicted molar refractivity (Wildman–Crippen MR) is 74.1 cm³/mol. The van der Waals surface area contributed by atoms with Crippen LogP contribution < -0.4 is 0 Å². The number of hydrogen-bond acceptors (Lipinski definition) is 2. The van der Waals surface area contributed by atoms with E-state index in [-0.39, 0.29) is 24.4 Å². The number of aliphatic carboxylic acids is 1. The van der Waals surface area contributed by atoms with Crippen LogP contribution in [-0.4, -0.2) is 52.6 Å². The highest BCUT2D eigenvalue weighted by molar-refractivity contribution is 5.76. The van der Waals surface area contributed by atoms with Crippen molar-refractivity contribution in [3.63, 3.8) is 0 Å². The number of carboxylic acid groups (broad SMARTS) is 1. The summed E-state index contributed by atoms with van der Waals surface area (Å²) in [5.74, 6) is -0.646. The van der Waals surface area contributed by atoms with Crippen LogP contribution in [0.1, 0.15) is 46.5 Å². The van der Waals surface area contributed by atoms with Crippen LogP contribution in [0.5, 0.6) is 0 Å². The summed E-state index contributed by atoms with van der Waals surface area (Å²) >= 11 is 0. The molecule has 1 rings (SSSR count). The normalized spacial score (nSPS) is 15.5. The highest BCUT2D eigenvalue weighted by atomic mass is 16.4. The number of nitrogens with zero attached hydrogens (tertiary/aromatic N) is 2. The minimum Gasteiger partial charge on any atom is -0.481 e. The highest BCUT2D eigenvalue weighted by Gasteiger charge is 2.34. The van der Waals surface area contributed by atoms with Crippen molar-refractivity contribution in [3.8, 4) is 0 Å². The molecule has 1 aliphatic rings. The Bertz CT molecular complexity index is 312. The fourth-order valence-corrected chi connectivity index (χ4v) is 2.39. The molecule has 0 aromatic carbocycles. The molecule has 1 N–H and O–H groups in total. The molecule has 0 unspecified atom stereocenters. The molecule has 0 bridgehead atoms. The Morgan fingerprint density at radius 3 is 2.42 bits per heavy atom. The molecule has 19 heavy (non-hydrogen) atoms. The molecule has 1 heterocycles. The van der Waals surface area contributed by atoms with E-state index in [0.29, 0.717) is 13.1 Å². The molecule has 1 fully saturated rings. The first-order chi connectivity index (χ1) is 8.95. The summed E-state index contributed by atoms with van der Waals surface area (Å²) in [6.07, 6.45) is 3.48. The van der Waals surface area contributed by atoms with Crippen molar-refractivity contribution < 1.29 is 14.7 Å². The van der Waals surface area contributed by atoms with Gasteiger partial charge in [-0.05, 0) is 20.3 Å². The van der Waals surface area contributed by atoms with E-state index < -0.39 is 5.97 Å². The summed E-state index contributed by atoms with van der Waals surface area (Å²) < 4.78 is 0. The highest BCUT2D eigenvalue weighted by Crippen LogP contribution is 2.21. The van der Waals surface area contributed by atoms with Gasteiger partial charge in [-0.15, -0.1) is 0 Å². The minimum absolute atomic E-state index is 0.0627. The lowest BCUT2D eigenvalue weighted by Crippen LogP contribution is -2.56. The Morgan fingerprint density at radius 2 is 1.95 bits per heavy atom. The van der Waals surface area contributed by atoms with Crippen molar-refractivity contribution >= 4 is 12.0 Å². The number of amides is 2. The topological polar surface area (TPSA) is 60.9 Å². The molecule has 5 heteroatoms. The second-order valence-corrected chi connectivity index (χ2v) is 5.65. The van der Waals surface area contributed by atoms with Crippen LogP contribution in [0.3, 0.4) is 0 Å². The molecule has 0 aliphatic carbocycles. The summed E-state index contributed by atoms with van der Waals surface area (Å²) in [5.41, 5.74) is 0. The largest absolute Gasteiger partial charge is 0.481 e. The van der Waals surface area contributed by atoms with Gasteiger partial charge in [-0.3, -0.25) is 4.79 Å². The standard InChI is InChI=1S/C14H26N2O3/c1-4-5-6-7-16(11(2)3)14(19)15-9-12(10-15)8-13(17)18/h11-12H,4-10H2,1-3H3,(H,17,18). The van der Waals surface area contributed by atoms with E-state index in [9.17, 15) is 9.59 Å². The number of carboxylic acids is 1. The first-order valence-electron chi connectivity index (χ1n) is 7.23. The van der Waals surface area contributed by atoms with Gasteiger partial charge in [0.25, 0.3) is 0 Å². The smallest absolute Gasteiger partial charge is 0.320 e. The Morgan fingerprint density at radius 1 is 1.32 bits per heavy atom. The lowest BCUT2D eigenvalue weighted by Gasteiger charge is -2.42. The van der Waals surface area contributed by atoms with Gasteiger partial charge in [0.15, 0.2) is 0 Å². The van der Waals surface area contributed by atoms with E-state index in [4.69, 9.17) is 5.11 Å². The van der Waals surface area contributed by atoms with E-state index in [1.807, 2.05) is 18.7 Å². The molecule has 5 nitrogen and oxygen atoms in total. The zero-order valence-corrected chi connectivity index (χ0v) is 12.3. The summed E-state index contributed by atoms with van der Waals surface area (Å²) in [4.78, 5) is 26.5. The maximum absolute atomic E-state index is 12.3. The van der Waals surface area contributed by atoms with Crippen molar-refractivity contribution in [3.05, 3.63) is 0 Å². The Labute approximate surface area is 115 Å². The third kappa shape index (κ3) is 4.73. The average molecular weight is 270 g/mol. The van der Waals surface area contributed by atoms with Gasteiger partial charge in [0, 0.05) is 31.6 Å². The lowest BCUT2D eigenvalue weighted by molar-refractivity contribution is -0.139. The maximum Gasteiger partial charge on any atom is 0.320 e. The van der Waals surface area contributed by atoms with Crippen LogP contribution in [0.15, 0.2) is 0 Å². The average Bonchev–Trinajstić information content (AvgIpc) is 2.27. The molecule has 2 amide bonds. The third-order valence-corrected chi connectivity index (χ3v) is 3.56. The van der Waals surface area contributed by atoms with Gasteiger partial charge in [-0.25, -0.2) is 4.79 Å². The van der Waals surface area contributed by atoms with Crippen molar-refractivity contribution in [2.45, 2.75) is 52.5 Å². The van der Waals surface area contributed by atoms with Crippen molar-refractivity contribution in [1.29, 1.82) is 0 Å². The van der Waals surface area contributed by atoms with Gasteiger partial charge in [0.2, 0.25) is 0 Å². The first kappa shape index (κ1) is 15.8. The van der Waals surface area contributed by atoms with Crippen molar-refractivity contribution in [1.82, 2.24) is 9.80 Å². The quantitative estimate of drug-likeness (QED) is 0.723. The molecule has 1 saturated heterocycles. The van der Waals surface area contributed by atoms with Crippen LogP contribution in [-0.2, 0) is 4.79 Å². The molecule has 0 aromatic rings. The SMILES string of the molecule is CCCCCN(C(=O)N1CC(CC(=O)O)C1)C(C)C. The lowest BCUT2D eigenvalue weighted by atomic mass is 9.97. The molecule has 110 valence electrons. The Kier molecular flexibility index (Phi) is 6.12. The molecule has 0 spiro atoms. The van der Waals surface area contributed by atoms with E-state index in [1.54, 1.807) is 4.90 Å². The Hall–Kier alpha value is -1.26. The van der Waals surface area contributed by atoms with E-state index in [1.165, 1.54) is 0 Å². The fourth-order valence-electron chi connectivity index (χ4n) is 2.39. The third-order valence-electron chi connectivity index (χ3n) is 3.56. The van der Waals surface area contributed by atoms with Crippen molar-refractivity contribution in [2.24, 2.45) is 5.92 Å². The zero-order valence-electron chi connectivity index (χ0n) is 12.3. The van der Waals surface area contributed by atoms with Crippen LogP contribution in [0.4, 0.5) is 4.79 Å². The summed E-state index contributed by atoms with van der Waals surface area (Å²) in [5, 5.41) is 8.70. The molecule has 0 radical (unpaired) electrons. The van der Waals surface area contributed by atoms with Gasteiger partial charge in [-0.2, -0.15) is 0 Å². The molecule has 0 atom stereocenters. The van der Waals surface area contributed by atoms with Gasteiger partial charge < -0.3 is 14.9 Å². The number of urea groups is 1. The molecular weight excluding hydrogens is 244 g/mol. The molecule has 0 aromatic heterocycles. The van der Waals surface area contributed by atoms with E-state index in [0.717, 1.165) is 25.8 Å². The molecule has 0 saturated carbocycles. The summed E-state index contributed by atoms with van der Waals surface area (Å²) in [6, 6.07) is 0.260. The van der Waals surface area contributed by atoms with E-state index in [2.05, 4.69) is 6.92 Å². The molecular formula is C14H26N2O3. The number of carbonyl (C=O) groups excluding carboxylic acids is 1. The van der Waals surface area contributed by atoms with Crippen LogP contribution in [0.25, 0.3) is 0 Å². The van der Waals surface area contributed by atoms with Gasteiger partial charge >= 0.3 is 12.0 Å². The predicted octanol–water partition coefficient (Wildman–Crippen LogP) is 2.41. The number of rotatable bonds is 7. The second-order valence-electron chi connectivity index (χ2n) is 5.65. The minimum atomic E-state index is -0.777. The monoisotopic (exact) mass is 270 g/mol. The van der Waals surface area contributed by atoms with Gasteiger partial charge in [-0.1, -0.05) is 19.8 Å². The number of hydrogen-bond donors (Lipinski definition) is 1. The number of carbonyl (C=O) groups is 2. The van der Waals surface area contributed by atoms with Gasteiger partial charge in [0.1, 0.15) is 0 Å². The Balaban J connectivity index is 2.39. The second kappa shape index (κ2) is 7.36. The van der Waals surface area contributed by atoms with Crippen LogP contribution in [0.2, 0.25) is 0 Å². The summed E-state index contributed by atoms with van der Waals surface area (Å²) in [7, 11) is 0.